The fourth-order valence-electron chi connectivity index (χ4n) is 12.0. The number of hydrogen-bond acceptors (Lipinski definition) is 11. The first-order valence-electron chi connectivity index (χ1n) is 26.1. The Bertz CT molecular complexity index is 2300. The van der Waals surface area contributed by atoms with Crippen LogP contribution >= 0.6 is 0 Å². The highest BCUT2D eigenvalue weighted by molar-refractivity contribution is 6.01. The van der Waals surface area contributed by atoms with Gasteiger partial charge in [0.15, 0.2) is 0 Å². The molecule has 1 aromatic carbocycles. The van der Waals surface area contributed by atoms with E-state index in [9.17, 15) is 14.4 Å². The minimum atomic E-state index is -0.228. The van der Waals surface area contributed by atoms with Crippen LogP contribution in [0.5, 0.6) is 0 Å². The Labute approximate surface area is 405 Å². The van der Waals surface area contributed by atoms with Crippen LogP contribution in [0, 0.1) is 23.2 Å². The van der Waals surface area contributed by atoms with E-state index in [1.54, 1.807) is 25.2 Å². The lowest BCUT2D eigenvalue weighted by Gasteiger charge is -2.60. The van der Waals surface area contributed by atoms with Gasteiger partial charge in [-0.15, -0.1) is 0 Å². The summed E-state index contributed by atoms with van der Waals surface area (Å²) in [7, 11) is 5.83. The van der Waals surface area contributed by atoms with E-state index in [0.29, 0.717) is 35.7 Å². The SMILES string of the molecule is CC.CCCN(C)CC1CC(CC)C1.CN(C)C(=O)c1cc2cnc(Nc3ccc(N4CCN(CC5CC6(C5)CN(c5ccc(C7CCC(=O)NC7=O)cc5)C6)CC4)cn3)nc2n1C1CCCC1. The van der Waals surface area contributed by atoms with Gasteiger partial charge in [0.05, 0.1) is 17.8 Å². The Balaban J connectivity index is 0.000000388. The van der Waals surface area contributed by atoms with Crippen molar-refractivity contribution in [3.05, 3.63) is 66.1 Å². The summed E-state index contributed by atoms with van der Waals surface area (Å²) >= 11 is 0. The zero-order valence-electron chi connectivity index (χ0n) is 42.2. The van der Waals surface area contributed by atoms with E-state index < -0.39 is 0 Å². The molecule has 2 N–H and O–H groups in total. The summed E-state index contributed by atoms with van der Waals surface area (Å²) in [5, 5.41) is 6.64. The molecule has 3 saturated heterocycles. The third kappa shape index (κ3) is 11.3. The van der Waals surface area contributed by atoms with Crippen molar-refractivity contribution in [2.45, 2.75) is 117 Å². The molecule has 10 rings (SSSR count). The van der Waals surface area contributed by atoms with Crippen LogP contribution in [0.2, 0.25) is 0 Å². The Morgan fingerprint density at radius 1 is 0.838 bits per heavy atom. The van der Waals surface area contributed by atoms with Crippen molar-refractivity contribution in [3.63, 3.8) is 0 Å². The molecule has 6 heterocycles. The highest BCUT2D eigenvalue weighted by Gasteiger charge is 2.52. The van der Waals surface area contributed by atoms with E-state index >= 15 is 0 Å². The monoisotopic (exact) mass is 930 g/mol. The number of piperidine rings is 1. The molecule has 3 saturated carbocycles. The Morgan fingerprint density at radius 3 is 2.18 bits per heavy atom. The number of piperazine rings is 1. The van der Waals surface area contributed by atoms with Crippen LogP contribution < -0.4 is 20.4 Å². The number of rotatable bonds is 14. The van der Waals surface area contributed by atoms with Crippen LogP contribution in [0.3, 0.4) is 0 Å². The summed E-state index contributed by atoms with van der Waals surface area (Å²) in [4.78, 5) is 62.6. The quantitative estimate of drug-likeness (QED) is 0.118. The smallest absolute Gasteiger partial charge is 0.270 e. The van der Waals surface area contributed by atoms with Gasteiger partial charge in [0.25, 0.3) is 5.91 Å². The van der Waals surface area contributed by atoms with E-state index in [2.05, 4.69) is 91.0 Å². The molecule has 1 atom stereocenters. The minimum Gasteiger partial charge on any atom is -0.370 e. The Morgan fingerprint density at radius 2 is 1.54 bits per heavy atom. The summed E-state index contributed by atoms with van der Waals surface area (Å²) in [5.74, 6) is 3.43. The molecule has 6 fully saturated rings. The van der Waals surface area contributed by atoms with Gasteiger partial charge in [-0.05, 0) is 119 Å². The summed E-state index contributed by atoms with van der Waals surface area (Å²) in [6.45, 7) is 18.7. The number of nitrogens with zero attached hydrogens (tertiary/aromatic N) is 9. The van der Waals surface area contributed by atoms with Crippen LogP contribution in [0.1, 0.15) is 133 Å². The number of aromatic nitrogens is 4. The standard InChI is InChI=1S/C41H50N10O3.C11H23N.C2H6/c1-47(2)39(54)34-19-29-22-43-40(46-37(29)51(34)31-5-3-4-6-31)44-35-13-11-32(23-42-35)49-17-15-48(16-18-49)24-27-20-41(21-27)25-50(26-41)30-9-7-28(8-10-30)33-12-14-36(52)45-38(33)53;1-4-6-12(3)9-11-7-10(5-2)8-11;1-2/h7-11,13,19,22-23,27,31,33H,3-6,12,14-18,20-21,24-26H2,1-2H3,(H,45,52,53)(H,42,43,44,46);10-11H,4-9H2,1-3H3;1-2H3. The predicted molar refractivity (Wildman–Crippen MR) is 274 cm³/mol. The van der Waals surface area contributed by atoms with E-state index in [1.165, 1.54) is 63.8 Å². The second-order valence-electron chi connectivity index (χ2n) is 20.9. The fourth-order valence-corrected chi connectivity index (χ4v) is 12.0. The zero-order valence-corrected chi connectivity index (χ0v) is 42.2. The summed E-state index contributed by atoms with van der Waals surface area (Å²) in [6.07, 6.45) is 17.4. The number of fused-ring (bicyclic) bond motifs is 1. The van der Waals surface area contributed by atoms with Gasteiger partial charge in [-0.1, -0.05) is 59.1 Å². The number of hydrogen-bond donors (Lipinski definition) is 2. The average molecular weight is 930 g/mol. The van der Waals surface area contributed by atoms with Gasteiger partial charge in [0.1, 0.15) is 17.2 Å². The van der Waals surface area contributed by atoms with Crippen molar-refractivity contribution in [1.82, 2.24) is 39.5 Å². The van der Waals surface area contributed by atoms with Crippen LogP contribution in [0.25, 0.3) is 11.0 Å². The van der Waals surface area contributed by atoms with Crippen molar-refractivity contribution < 1.29 is 14.4 Å². The normalized spacial score (nSPS) is 22.7. The maximum Gasteiger partial charge on any atom is 0.270 e. The number of imide groups is 1. The second kappa shape index (κ2) is 22.1. The maximum absolute atomic E-state index is 13.1. The van der Waals surface area contributed by atoms with Crippen molar-refractivity contribution in [3.8, 4) is 0 Å². The number of benzene rings is 1. The topological polar surface area (TPSA) is 135 Å². The molecule has 14 nitrogen and oxygen atoms in total. The lowest BCUT2D eigenvalue weighted by molar-refractivity contribution is -0.134. The molecule has 0 radical (unpaired) electrons. The summed E-state index contributed by atoms with van der Waals surface area (Å²) in [6, 6.07) is 14.7. The third-order valence-corrected chi connectivity index (χ3v) is 15.6. The molecule has 3 amide bonds. The van der Waals surface area contributed by atoms with Crippen molar-refractivity contribution >= 4 is 51.9 Å². The molecule has 14 heteroatoms. The molecule has 368 valence electrons. The predicted octanol–water partition coefficient (Wildman–Crippen LogP) is 8.74. The number of nitrogens with one attached hydrogen (secondary N) is 2. The first-order chi connectivity index (χ1) is 33.0. The van der Waals surface area contributed by atoms with E-state index in [-0.39, 0.29) is 29.7 Å². The van der Waals surface area contributed by atoms with Gasteiger partial charge in [-0.2, -0.15) is 4.98 Å². The number of carbonyl (C=O) groups is 3. The van der Waals surface area contributed by atoms with Crippen molar-refractivity contribution in [2.75, 3.05) is 95.2 Å². The maximum atomic E-state index is 13.1. The third-order valence-electron chi connectivity index (χ3n) is 15.6. The number of pyridine rings is 1. The first kappa shape index (κ1) is 49.3. The number of amides is 3. The largest absolute Gasteiger partial charge is 0.370 e. The van der Waals surface area contributed by atoms with Gasteiger partial charge >= 0.3 is 0 Å². The summed E-state index contributed by atoms with van der Waals surface area (Å²) < 4.78 is 2.13. The Hall–Kier alpha value is -5.08. The molecule has 1 spiro atoms. The van der Waals surface area contributed by atoms with Gasteiger partial charge in [-0.3, -0.25) is 24.6 Å². The molecule has 68 heavy (non-hydrogen) atoms. The van der Waals surface area contributed by atoms with Crippen molar-refractivity contribution in [2.24, 2.45) is 23.2 Å². The molecule has 3 aliphatic carbocycles. The zero-order chi connectivity index (χ0) is 48.0. The van der Waals surface area contributed by atoms with Crippen molar-refractivity contribution in [1.29, 1.82) is 0 Å². The van der Waals surface area contributed by atoms with Crippen LogP contribution in [-0.2, 0) is 9.59 Å². The highest BCUT2D eigenvalue weighted by atomic mass is 16.2. The number of anilines is 4. The van der Waals surface area contributed by atoms with Gasteiger partial charge in [0, 0.05) is 102 Å². The lowest BCUT2D eigenvalue weighted by Crippen LogP contribution is -2.64. The van der Waals surface area contributed by atoms with Gasteiger partial charge < -0.3 is 29.5 Å². The lowest BCUT2D eigenvalue weighted by atomic mass is 9.57. The average Bonchev–Trinajstić information content (AvgIpc) is 3.98. The van der Waals surface area contributed by atoms with Gasteiger partial charge in [-0.25, -0.2) is 9.97 Å². The molecule has 1 unspecified atom stereocenters. The molecule has 6 aliphatic rings. The highest BCUT2D eigenvalue weighted by Crippen LogP contribution is 2.53. The number of carbonyl (C=O) groups excluding carboxylic acids is 3. The van der Waals surface area contributed by atoms with E-state index in [0.717, 1.165) is 105 Å². The molecule has 0 bridgehead atoms. The molecular formula is C54H79N11O3. The van der Waals surface area contributed by atoms with E-state index in [1.807, 2.05) is 32.2 Å². The van der Waals surface area contributed by atoms with E-state index in [4.69, 9.17) is 9.97 Å². The fraction of sp³-hybridized carbons (Fsp3) is 0.630. The first-order valence-corrected chi connectivity index (χ1v) is 26.1. The van der Waals surface area contributed by atoms with Crippen LogP contribution in [0.4, 0.5) is 23.1 Å². The molecule has 4 aromatic rings. The molecular weight excluding hydrogens is 851 g/mol. The van der Waals surface area contributed by atoms with Gasteiger partial charge in [0.2, 0.25) is 17.8 Å². The molecule has 3 aromatic heterocycles. The molecule has 3 aliphatic heterocycles. The minimum absolute atomic E-state index is 0.0140. The van der Waals surface area contributed by atoms with Crippen LogP contribution in [0.15, 0.2) is 54.9 Å². The second-order valence-corrected chi connectivity index (χ2v) is 20.9. The summed E-state index contributed by atoms with van der Waals surface area (Å²) in [5.41, 5.74) is 5.27. The Kier molecular flexibility index (Phi) is 16.1. The van der Waals surface area contributed by atoms with Crippen LogP contribution in [-0.4, -0.2) is 132 Å².